The minimum absolute atomic E-state index is 0.441. The molecule has 98 valence electrons. The summed E-state index contributed by atoms with van der Waals surface area (Å²) in [5, 5.41) is 0.999. The van der Waals surface area contributed by atoms with E-state index in [1.165, 1.54) is 6.21 Å². The third-order valence-electron chi connectivity index (χ3n) is 2.31. The van der Waals surface area contributed by atoms with E-state index in [-0.39, 0.29) is 0 Å². The lowest BCUT2D eigenvalue weighted by Gasteiger charge is -2.07. The zero-order valence-corrected chi connectivity index (χ0v) is 12.2. The van der Waals surface area contributed by atoms with Crippen molar-refractivity contribution in [1.82, 2.24) is 0 Å². The average molecular weight is 305 g/mol. The summed E-state index contributed by atoms with van der Waals surface area (Å²) in [6.07, 6.45) is 4.09. The van der Waals surface area contributed by atoms with Crippen LogP contribution in [0.5, 0.6) is 0 Å². The Kier molecular flexibility index (Phi) is 6.54. The Hall–Kier alpha value is -0.710. The molecule has 0 radical (unpaired) electrons. The van der Waals surface area contributed by atoms with Gasteiger partial charge in [0.05, 0.1) is 10.0 Å². The number of carbonyl (C=O) groups is 1. The van der Waals surface area contributed by atoms with Gasteiger partial charge in [-0.1, -0.05) is 29.3 Å². The molecule has 0 saturated heterocycles. The fourth-order valence-corrected chi connectivity index (χ4v) is 2.27. The Balaban J connectivity index is 2.85. The molecule has 1 atom stereocenters. The van der Waals surface area contributed by atoms with Crippen molar-refractivity contribution in [3.8, 4) is 0 Å². The maximum Gasteiger partial charge on any atom is 0.242 e. The molecule has 0 heterocycles. The molecule has 0 aliphatic carbocycles. The molecule has 2 N–H and O–H groups in total. The molecule has 0 spiro atoms. The zero-order valence-electron chi connectivity index (χ0n) is 9.90. The molecule has 6 heteroatoms. The summed E-state index contributed by atoms with van der Waals surface area (Å²) in [6, 6.07) is 4.65. The third-order valence-corrected chi connectivity index (χ3v) is 3.61. The van der Waals surface area contributed by atoms with E-state index in [9.17, 15) is 4.79 Å². The van der Waals surface area contributed by atoms with E-state index in [0.29, 0.717) is 22.0 Å². The Morgan fingerprint density at radius 3 is 2.61 bits per heavy atom. The van der Waals surface area contributed by atoms with Crippen LogP contribution in [0.25, 0.3) is 0 Å². The van der Waals surface area contributed by atoms with Crippen molar-refractivity contribution in [3.05, 3.63) is 33.8 Å². The normalized spacial score (nSPS) is 12.8. The number of nitrogens with zero attached hydrogens (tertiary/aromatic N) is 1. The van der Waals surface area contributed by atoms with E-state index in [0.717, 1.165) is 5.75 Å². The molecule has 18 heavy (non-hydrogen) atoms. The summed E-state index contributed by atoms with van der Waals surface area (Å²) >= 11 is 13.6. The number of hydrogen-bond donors (Lipinski definition) is 1. The maximum absolute atomic E-state index is 11.2. The summed E-state index contributed by atoms with van der Waals surface area (Å²) < 4.78 is 0. The molecule has 1 rings (SSSR count). The van der Waals surface area contributed by atoms with E-state index in [1.807, 2.05) is 6.26 Å². The molecule has 1 aromatic rings. The predicted octanol–water partition coefficient (Wildman–Crippen LogP) is 3.02. The van der Waals surface area contributed by atoms with E-state index < -0.39 is 11.9 Å². The zero-order chi connectivity index (χ0) is 13.5. The lowest BCUT2D eigenvalue weighted by Crippen LogP contribution is -2.27. The predicted molar refractivity (Wildman–Crippen MR) is 80.0 cm³/mol. The standard InChI is InChI=1S/C12H14Cl2N2OS/c1-18-6-5-11(12(15)17)16-7-8-9(13)3-2-4-10(8)14/h2-4,7,11H,5-6H2,1H3,(H2,15,17). The smallest absolute Gasteiger partial charge is 0.242 e. The largest absolute Gasteiger partial charge is 0.368 e. The van der Waals surface area contributed by atoms with Gasteiger partial charge in [0.25, 0.3) is 0 Å². The Morgan fingerprint density at radius 1 is 1.50 bits per heavy atom. The van der Waals surface area contributed by atoms with Crippen LogP contribution in [0.4, 0.5) is 0 Å². The first-order valence-corrected chi connectivity index (χ1v) is 7.46. The molecule has 1 amide bonds. The molecule has 1 unspecified atom stereocenters. The van der Waals surface area contributed by atoms with Gasteiger partial charge < -0.3 is 5.73 Å². The van der Waals surface area contributed by atoms with Crippen LogP contribution in [0.1, 0.15) is 12.0 Å². The van der Waals surface area contributed by atoms with Crippen molar-refractivity contribution in [2.75, 3.05) is 12.0 Å². The van der Waals surface area contributed by atoms with E-state index in [1.54, 1.807) is 30.0 Å². The van der Waals surface area contributed by atoms with Gasteiger partial charge in [-0.15, -0.1) is 0 Å². The molecule has 0 aliphatic rings. The van der Waals surface area contributed by atoms with Crippen LogP contribution in [-0.2, 0) is 4.79 Å². The topological polar surface area (TPSA) is 55.4 Å². The minimum atomic E-state index is -0.537. The summed E-state index contributed by atoms with van der Waals surface area (Å²) in [7, 11) is 0. The van der Waals surface area contributed by atoms with Crippen molar-refractivity contribution >= 4 is 47.1 Å². The maximum atomic E-state index is 11.2. The molecular weight excluding hydrogens is 291 g/mol. The highest BCUT2D eigenvalue weighted by molar-refractivity contribution is 7.98. The first kappa shape index (κ1) is 15.3. The Morgan fingerprint density at radius 2 is 2.11 bits per heavy atom. The van der Waals surface area contributed by atoms with Crippen molar-refractivity contribution in [2.45, 2.75) is 12.5 Å². The molecule has 0 aliphatic heterocycles. The van der Waals surface area contributed by atoms with Gasteiger partial charge in [0, 0.05) is 11.8 Å². The number of aliphatic imine (C=N–C) groups is 1. The van der Waals surface area contributed by atoms with Crippen LogP contribution < -0.4 is 5.73 Å². The number of primary amides is 1. The second kappa shape index (κ2) is 7.67. The summed E-state index contributed by atoms with van der Waals surface area (Å²) in [6.45, 7) is 0. The number of benzene rings is 1. The molecule has 0 aromatic heterocycles. The van der Waals surface area contributed by atoms with Crippen molar-refractivity contribution in [3.63, 3.8) is 0 Å². The van der Waals surface area contributed by atoms with Gasteiger partial charge in [0.15, 0.2) is 0 Å². The Bertz CT molecular complexity index is 431. The molecule has 0 bridgehead atoms. The number of thioether (sulfide) groups is 1. The van der Waals surface area contributed by atoms with Crippen LogP contribution in [0, 0.1) is 0 Å². The monoisotopic (exact) mass is 304 g/mol. The lowest BCUT2D eigenvalue weighted by atomic mass is 10.2. The van der Waals surface area contributed by atoms with Gasteiger partial charge >= 0.3 is 0 Å². The fraction of sp³-hybridized carbons (Fsp3) is 0.333. The highest BCUT2D eigenvalue weighted by Crippen LogP contribution is 2.22. The van der Waals surface area contributed by atoms with Gasteiger partial charge in [0.2, 0.25) is 5.91 Å². The number of nitrogens with two attached hydrogens (primary N) is 1. The van der Waals surface area contributed by atoms with Gasteiger partial charge in [-0.05, 0) is 30.6 Å². The molecule has 0 saturated carbocycles. The lowest BCUT2D eigenvalue weighted by molar-refractivity contribution is -0.119. The number of rotatable bonds is 6. The number of carbonyl (C=O) groups excluding carboxylic acids is 1. The fourth-order valence-electron chi connectivity index (χ4n) is 1.32. The van der Waals surface area contributed by atoms with Gasteiger partial charge in [0.1, 0.15) is 6.04 Å². The van der Waals surface area contributed by atoms with Crippen molar-refractivity contribution < 1.29 is 4.79 Å². The molecule has 1 aromatic carbocycles. The van der Waals surface area contributed by atoms with Crippen LogP contribution >= 0.6 is 35.0 Å². The van der Waals surface area contributed by atoms with Crippen LogP contribution in [-0.4, -0.2) is 30.2 Å². The van der Waals surface area contributed by atoms with Crippen LogP contribution in [0.15, 0.2) is 23.2 Å². The second-order valence-electron chi connectivity index (χ2n) is 3.61. The van der Waals surface area contributed by atoms with E-state index in [2.05, 4.69) is 4.99 Å². The summed E-state index contributed by atoms with van der Waals surface area (Å²) in [5.74, 6) is 0.379. The average Bonchev–Trinajstić information content (AvgIpc) is 2.31. The van der Waals surface area contributed by atoms with Crippen molar-refractivity contribution in [2.24, 2.45) is 10.7 Å². The Labute approximate surface area is 121 Å². The molecule has 0 fully saturated rings. The quantitative estimate of drug-likeness (QED) is 0.821. The van der Waals surface area contributed by atoms with Gasteiger partial charge in [-0.25, -0.2) is 0 Å². The first-order chi connectivity index (χ1) is 8.56. The van der Waals surface area contributed by atoms with E-state index in [4.69, 9.17) is 28.9 Å². The highest BCUT2D eigenvalue weighted by Gasteiger charge is 2.12. The number of hydrogen-bond acceptors (Lipinski definition) is 3. The van der Waals surface area contributed by atoms with Crippen molar-refractivity contribution in [1.29, 1.82) is 0 Å². The minimum Gasteiger partial charge on any atom is -0.368 e. The van der Waals surface area contributed by atoms with E-state index >= 15 is 0 Å². The second-order valence-corrected chi connectivity index (χ2v) is 5.41. The molecular formula is C12H14Cl2N2OS. The first-order valence-electron chi connectivity index (χ1n) is 5.31. The third kappa shape index (κ3) is 4.52. The van der Waals surface area contributed by atoms with Crippen LogP contribution in [0.2, 0.25) is 10.0 Å². The van der Waals surface area contributed by atoms with Gasteiger partial charge in [-0.3, -0.25) is 9.79 Å². The van der Waals surface area contributed by atoms with Gasteiger partial charge in [-0.2, -0.15) is 11.8 Å². The summed E-state index contributed by atoms with van der Waals surface area (Å²) in [4.78, 5) is 15.4. The molecule has 3 nitrogen and oxygen atoms in total. The van der Waals surface area contributed by atoms with Crippen LogP contribution in [0.3, 0.4) is 0 Å². The number of halogens is 2. The number of amides is 1. The summed E-state index contributed by atoms with van der Waals surface area (Å²) in [5.41, 5.74) is 5.90. The SMILES string of the molecule is CSCCC(N=Cc1c(Cl)cccc1Cl)C(N)=O. The highest BCUT2D eigenvalue weighted by atomic mass is 35.5.